The number of benzene rings is 1. The third-order valence-corrected chi connectivity index (χ3v) is 5.85. The number of β-amino-alcohol motifs (C(OH)–C–C–N with tert-alkyl or cyclic N) is 1. The summed E-state index contributed by atoms with van der Waals surface area (Å²) in [5.41, 5.74) is 3.23. The summed E-state index contributed by atoms with van der Waals surface area (Å²) >= 11 is 0. The van der Waals surface area contributed by atoms with Gasteiger partial charge < -0.3 is 29.3 Å². The molecule has 31 heavy (non-hydrogen) atoms. The minimum absolute atomic E-state index is 0.0230. The van der Waals surface area contributed by atoms with Crippen molar-refractivity contribution in [1.29, 1.82) is 0 Å². The summed E-state index contributed by atoms with van der Waals surface area (Å²) < 4.78 is 7.43. The molecular weight excluding hydrogens is 400 g/mol. The third-order valence-electron chi connectivity index (χ3n) is 5.85. The van der Waals surface area contributed by atoms with Gasteiger partial charge in [-0.15, -0.1) is 0 Å². The number of piperidine rings is 1. The molecule has 2 fully saturated rings. The Morgan fingerprint density at radius 2 is 2.13 bits per heavy atom. The maximum Gasteiger partial charge on any atom is 0.407 e. The van der Waals surface area contributed by atoms with Crippen molar-refractivity contribution in [3.05, 3.63) is 47.6 Å². The number of methoxy groups -OCH3 is 1. The molecule has 2 aliphatic rings. The van der Waals surface area contributed by atoms with Crippen LogP contribution in [0.4, 0.5) is 4.79 Å². The van der Waals surface area contributed by atoms with E-state index in [9.17, 15) is 19.8 Å². The molecule has 0 radical (unpaired) electrons. The molecule has 9 heteroatoms. The molecule has 0 bridgehead atoms. The highest BCUT2D eigenvalue weighted by molar-refractivity contribution is 5.99. The minimum atomic E-state index is -1.08. The Kier molecular flexibility index (Phi) is 5.69. The van der Waals surface area contributed by atoms with E-state index in [4.69, 9.17) is 4.74 Å². The molecular formula is C22H26N4O5. The summed E-state index contributed by atoms with van der Waals surface area (Å²) in [7, 11) is 1.60. The number of imidazole rings is 1. The number of aryl methyl sites for hydroxylation is 1. The number of aliphatic hydroxyl groups is 1. The van der Waals surface area contributed by atoms with Gasteiger partial charge >= 0.3 is 6.09 Å². The Balaban J connectivity index is 1.57. The van der Waals surface area contributed by atoms with Gasteiger partial charge in [-0.2, -0.15) is 0 Å². The highest BCUT2D eigenvalue weighted by atomic mass is 16.5. The zero-order chi connectivity index (χ0) is 22.1. The lowest BCUT2D eigenvalue weighted by atomic mass is 9.98. The molecule has 1 aromatic carbocycles. The van der Waals surface area contributed by atoms with Crippen LogP contribution < -0.4 is 4.74 Å². The average Bonchev–Trinajstić information content (AvgIpc) is 3.35. The van der Waals surface area contributed by atoms with E-state index in [2.05, 4.69) is 4.98 Å². The largest absolute Gasteiger partial charge is 0.495 e. The van der Waals surface area contributed by atoms with Crippen LogP contribution in [0, 0.1) is 6.92 Å². The number of amides is 2. The van der Waals surface area contributed by atoms with Gasteiger partial charge in [0.1, 0.15) is 5.75 Å². The van der Waals surface area contributed by atoms with Crippen molar-refractivity contribution in [2.75, 3.05) is 26.7 Å². The van der Waals surface area contributed by atoms with Gasteiger partial charge in [-0.05, 0) is 43.5 Å². The van der Waals surface area contributed by atoms with Crippen LogP contribution in [0.2, 0.25) is 0 Å². The first-order valence-corrected chi connectivity index (χ1v) is 10.2. The van der Waals surface area contributed by atoms with Gasteiger partial charge in [0, 0.05) is 24.9 Å². The SMILES string of the molecule is COc1cc(C=C2CCCN([C@@H]3CN(C(=O)O)C[C@H]3O)C2=O)ccc1-n1cnc(C)c1. The van der Waals surface area contributed by atoms with Crippen molar-refractivity contribution in [1.82, 2.24) is 19.4 Å². The van der Waals surface area contributed by atoms with Crippen LogP contribution in [0.5, 0.6) is 5.75 Å². The van der Waals surface area contributed by atoms with E-state index in [0.717, 1.165) is 28.3 Å². The lowest BCUT2D eigenvalue weighted by molar-refractivity contribution is -0.132. The molecule has 0 saturated carbocycles. The molecule has 3 heterocycles. The fourth-order valence-corrected chi connectivity index (χ4v) is 4.27. The highest BCUT2D eigenvalue weighted by Gasteiger charge is 2.41. The maximum absolute atomic E-state index is 13.1. The molecule has 2 aliphatic heterocycles. The van der Waals surface area contributed by atoms with Crippen molar-refractivity contribution in [3.63, 3.8) is 0 Å². The summed E-state index contributed by atoms with van der Waals surface area (Å²) in [6.45, 7) is 2.57. The van der Waals surface area contributed by atoms with Crippen LogP contribution >= 0.6 is 0 Å². The number of carbonyl (C=O) groups is 2. The Morgan fingerprint density at radius 3 is 2.77 bits per heavy atom. The van der Waals surface area contributed by atoms with Gasteiger partial charge in [-0.25, -0.2) is 9.78 Å². The lowest BCUT2D eigenvalue weighted by Gasteiger charge is -2.34. The number of aliphatic hydroxyl groups excluding tert-OH is 1. The number of ether oxygens (including phenoxy) is 1. The van der Waals surface area contributed by atoms with E-state index in [1.54, 1.807) is 18.3 Å². The normalized spacial score (nSPS) is 22.9. The molecule has 9 nitrogen and oxygen atoms in total. The Morgan fingerprint density at radius 1 is 1.32 bits per heavy atom. The molecule has 2 saturated heterocycles. The quantitative estimate of drug-likeness (QED) is 0.723. The van der Waals surface area contributed by atoms with Crippen molar-refractivity contribution in [3.8, 4) is 11.4 Å². The van der Waals surface area contributed by atoms with Crippen molar-refractivity contribution >= 4 is 18.1 Å². The van der Waals surface area contributed by atoms with Gasteiger partial charge in [0.05, 0.1) is 43.5 Å². The molecule has 2 amide bonds. The minimum Gasteiger partial charge on any atom is -0.495 e. The Labute approximate surface area is 180 Å². The van der Waals surface area contributed by atoms with Crippen LogP contribution in [0.25, 0.3) is 11.8 Å². The topological polar surface area (TPSA) is 108 Å². The fraction of sp³-hybridized carbons (Fsp3) is 0.409. The molecule has 4 rings (SSSR count). The van der Waals surface area contributed by atoms with Crippen molar-refractivity contribution in [2.45, 2.75) is 31.9 Å². The highest BCUT2D eigenvalue weighted by Crippen LogP contribution is 2.29. The third kappa shape index (κ3) is 4.13. The van der Waals surface area contributed by atoms with Gasteiger partial charge in [0.25, 0.3) is 0 Å². The van der Waals surface area contributed by atoms with E-state index >= 15 is 0 Å². The second-order valence-corrected chi connectivity index (χ2v) is 7.95. The standard InChI is InChI=1S/C22H26N4O5/c1-14-10-25(13-23-14)17-6-5-15(9-20(17)31-2)8-16-4-3-7-26(21(16)28)18-11-24(22(29)30)12-19(18)27/h5-6,8-10,13,18-19,27H,3-4,7,11-12H2,1-2H3,(H,29,30)/t18-,19-/m1/s1. The fourth-order valence-electron chi connectivity index (χ4n) is 4.27. The predicted molar refractivity (Wildman–Crippen MR) is 113 cm³/mol. The first-order chi connectivity index (χ1) is 14.9. The zero-order valence-electron chi connectivity index (χ0n) is 17.6. The summed E-state index contributed by atoms with van der Waals surface area (Å²) in [5.74, 6) is 0.506. The molecule has 2 N–H and O–H groups in total. The number of nitrogens with zero attached hydrogens (tertiary/aromatic N) is 4. The number of hydrogen-bond donors (Lipinski definition) is 2. The van der Waals surface area contributed by atoms with E-state index in [1.807, 2.05) is 42.0 Å². The van der Waals surface area contributed by atoms with Crippen LogP contribution in [0.3, 0.4) is 0 Å². The number of carbonyl (C=O) groups excluding carboxylic acids is 1. The molecule has 164 valence electrons. The summed E-state index contributed by atoms with van der Waals surface area (Å²) in [4.78, 5) is 31.4. The first-order valence-electron chi connectivity index (χ1n) is 10.2. The Bertz CT molecular complexity index is 1030. The van der Waals surface area contributed by atoms with Crippen LogP contribution in [-0.2, 0) is 4.79 Å². The van der Waals surface area contributed by atoms with E-state index < -0.39 is 18.2 Å². The monoisotopic (exact) mass is 426 g/mol. The number of carboxylic acid groups (broad SMARTS) is 1. The van der Waals surface area contributed by atoms with Gasteiger partial charge in [-0.1, -0.05) is 6.07 Å². The molecule has 1 aromatic heterocycles. The lowest BCUT2D eigenvalue weighted by Crippen LogP contribution is -2.49. The molecule has 2 atom stereocenters. The van der Waals surface area contributed by atoms with Crippen LogP contribution in [-0.4, -0.2) is 80.5 Å². The van der Waals surface area contributed by atoms with Crippen LogP contribution in [0.15, 0.2) is 36.3 Å². The summed E-state index contributed by atoms with van der Waals surface area (Å²) in [6, 6.07) is 5.19. The zero-order valence-corrected chi connectivity index (χ0v) is 17.6. The van der Waals surface area contributed by atoms with Gasteiger partial charge in [-0.3, -0.25) is 4.79 Å². The van der Waals surface area contributed by atoms with Gasteiger partial charge in [0.2, 0.25) is 5.91 Å². The number of rotatable bonds is 4. The second-order valence-electron chi connectivity index (χ2n) is 7.95. The smallest absolute Gasteiger partial charge is 0.407 e. The molecule has 0 spiro atoms. The van der Waals surface area contributed by atoms with Crippen molar-refractivity contribution < 1.29 is 24.5 Å². The predicted octanol–water partition coefficient (Wildman–Crippen LogP) is 1.92. The van der Waals surface area contributed by atoms with Crippen molar-refractivity contribution in [2.24, 2.45) is 0 Å². The summed E-state index contributed by atoms with van der Waals surface area (Å²) in [5, 5.41) is 19.5. The summed E-state index contributed by atoms with van der Waals surface area (Å²) in [6.07, 6.45) is 4.91. The van der Waals surface area contributed by atoms with Gasteiger partial charge in [0.15, 0.2) is 0 Å². The molecule has 0 aliphatic carbocycles. The van der Waals surface area contributed by atoms with E-state index in [-0.39, 0.29) is 19.0 Å². The first kappa shape index (κ1) is 20.9. The number of hydrogen-bond acceptors (Lipinski definition) is 5. The number of likely N-dealkylation sites (tertiary alicyclic amines) is 2. The van der Waals surface area contributed by atoms with Crippen LogP contribution in [0.1, 0.15) is 24.1 Å². The van der Waals surface area contributed by atoms with E-state index in [0.29, 0.717) is 24.3 Å². The molecule has 0 unspecified atom stereocenters. The molecule has 2 aromatic rings. The number of aromatic nitrogens is 2. The second kappa shape index (κ2) is 8.43. The van der Waals surface area contributed by atoms with E-state index in [1.165, 1.54) is 0 Å². The maximum atomic E-state index is 13.1. The Hall–Kier alpha value is -3.33. The average molecular weight is 426 g/mol.